The fraction of sp³-hybridized carbons (Fsp3) is 0.833. The Kier molecular flexibility index (Phi) is 1.81. The van der Waals surface area contributed by atoms with Crippen molar-refractivity contribution in [2.45, 2.75) is 31.2 Å². The zero-order chi connectivity index (χ0) is 7.61. The van der Waals surface area contributed by atoms with Gasteiger partial charge in [0.1, 0.15) is 0 Å². The third-order valence-corrected chi connectivity index (χ3v) is 1.61. The maximum Gasteiger partial charge on any atom is 0.250 e. The molecule has 2 nitrogen and oxygen atoms in total. The van der Waals surface area contributed by atoms with Gasteiger partial charge in [0.25, 0.3) is 0 Å². The highest BCUT2D eigenvalue weighted by atomic mass is 19.3. The van der Waals surface area contributed by atoms with Gasteiger partial charge >= 0.3 is 0 Å². The second-order valence-corrected chi connectivity index (χ2v) is 2.47. The first kappa shape index (κ1) is 7.35. The Hall–Kier alpha value is -0.760. The van der Waals surface area contributed by atoms with Crippen LogP contribution in [0.2, 0.25) is 0 Å². The normalized spacial score (nSPS) is 29.6. The summed E-state index contributed by atoms with van der Waals surface area (Å²) in [6.45, 7) is 0. The van der Waals surface area contributed by atoms with Crippen molar-refractivity contribution >= 4 is 6.08 Å². The monoisotopic (exact) mass is 147 g/mol. The van der Waals surface area contributed by atoms with Crippen LogP contribution in [-0.2, 0) is 4.79 Å². The van der Waals surface area contributed by atoms with Gasteiger partial charge in [0.2, 0.25) is 12.0 Å². The first-order valence-electron chi connectivity index (χ1n) is 3.09. The fourth-order valence-corrected chi connectivity index (χ4v) is 1.11. The highest BCUT2D eigenvalue weighted by Crippen LogP contribution is 2.35. The smallest absolute Gasteiger partial charge is 0.211 e. The quantitative estimate of drug-likeness (QED) is 0.408. The van der Waals surface area contributed by atoms with Crippen LogP contribution in [0.25, 0.3) is 0 Å². The summed E-state index contributed by atoms with van der Waals surface area (Å²) in [6, 6.07) is -0.493. The van der Waals surface area contributed by atoms with E-state index in [1.54, 1.807) is 0 Å². The zero-order valence-electron chi connectivity index (χ0n) is 5.31. The maximum atomic E-state index is 12.3. The van der Waals surface area contributed by atoms with Crippen molar-refractivity contribution in [2.24, 2.45) is 4.99 Å². The molecule has 4 heteroatoms. The average Bonchev–Trinajstić information content (AvgIpc) is 2.12. The Morgan fingerprint density at radius 3 is 2.70 bits per heavy atom. The Morgan fingerprint density at radius 2 is 2.30 bits per heavy atom. The second-order valence-electron chi connectivity index (χ2n) is 2.47. The molecule has 1 aliphatic rings. The Bertz CT molecular complexity index is 175. The summed E-state index contributed by atoms with van der Waals surface area (Å²) in [5.41, 5.74) is 0. The molecule has 0 amide bonds. The van der Waals surface area contributed by atoms with Gasteiger partial charge in [0.15, 0.2) is 0 Å². The van der Waals surface area contributed by atoms with Crippen LogP contribution in [0.4, 0.5) is 8.78 Å². The molecular formula is C6H7F2NO. The third kappa shape index (κ3) is 1.61. The average molecular weight is 147 g/mol. The zero-order valence-corrected chi connectivity index (χ0v) is 5.31. The number of carbonyl (C=O) groups excluding carboxylic acids is 1. The molecule has 0 heterocycles. The number of halogens is 2. The summed E-state index contributed by atoms with van der Waals surface area (Å²) in [5, 5.41) is 0. The lowest BCUT2D eigenvalue weighted by Crippen LogP contribution is -2.10. The van der Waals surface area contributed by atoms with Gasteiger partial charge in [-0.3, -0.25) is 0 Å². The minimum atomic E-state index is -2.61. The summed E-state index contributed by atoms with van der Waals surface area (Å²) < 4.78 is 24.7. The maximum absolute atomic E-state index is 12.3. The molecule has 0 spiro atoms. The van der Waals surface area contributed by atoms with Gasteiger partial charge in [0.05, 0.1) is 6.04 Å². The molecule has 56 valence electrons. The lowest BCUT2D eigenvalue weighted by molar-refractivity contribution is 0.00810. The predicted molar refractivity (Wildman–Crippen MR) is 30.7 cm³/mol. The Balaban J connectivity index is 2.51. The molecule has 1 unspecified atom stereocenters. The van der Waals surface area contributed by atoms with E-state index >= 15 is 0 Å². The van der Waals surface area contributed by atoms with E-state index in [1.807, 2.05) is 0 Å². The molecule has 0 aromatic carbocycles. The number of aliphatic imine (C=N–C) groups is 1. The first-order chi connectivity index (χ1) is 4.64. The van der Waals surface area contributed by atoms with E-state index in [0.29, 0.717) is 6.42 Å². The molecule has 0 saturated heterocycles. The van der Waals surface area contributed by atoms with Crippen molar-refractivity contribution < 1.29 is 13.6 Å². The van der Waals surface area contributed by atoms with Gasteiger partial charge in [-0.05, 0) is 6.42 Å². The molecule has 0 aliphatic heterocycles. The van der Waals surface area contributed by atoms with Crippen LogP contribution in [-0.4, -0.2) is 18.0 Å². The molecule has 0 bridgehead atoms. The van der Waals surface area contributed by atoms with Crippen LogP contribution < -0.4 is 0 Å². The van der Waals surface area contributed by atoms with Crippen molar-refractivity contribution in [3.63, 3.8) is 0 Å². The van der Waals surface area contributed by atoms with Gasteiger partial charge in [-0.15, -0.1) is 0 Å². The molecule has 1 fully saturated rings. The van der Waals surface area contributed by atoms with E-state index < -0.39 is 12.0 Å². The van der Waals surface area contributed by atoms with Gasteiger partial charge in [-0.25, -0.2) is 18.6 Å². The molecule has 0 aromatic rings. The SMILES string of the molecule is O=C=NC1CCC(F)(F)C1. The van der Waals surface area contributed by atoms with Crippen molar-refractivity contribution in [3.05, 3.63) is 0 Å². The second kappa shape index (κ2) is 2.46. The van der Waals surface area contributed by atoms with Crippen LogP contribution in [0.5, 0.6) is 0 Å². The van der Waals surface area contributed by atoms with Crippen molar-refractivity contribution in [1.29, 1.82) is 0 Å². The molecule has 1 aliphatic carbocycles. The third-order valence-electron chi connectivity index (χ3n) is 1.61. The molecule has 0 radical (unpaired) electrons. The number of hydrogen-bond acceptors (Lipinski definition) is 2. The lowest BCUT2D eigenvalue weighted by atomic mass is 10.3. The highest BCUT2D eigenvalue weighted by Gasteiger charge is 2.39. The van der Waals surface area contributed by atoms with E-state index in [0.717, 1.165) is 0 Å². The number of nitrogens with zero attached hydrogens (tertiary/aromatic N) is 1. The topological polar surface area (TPSA) is 29.4 Å². The van der Waals surface area contributed by atoms with Crippen LogP contribution in [0.1, 0.15) is 19.3 Å². The lowest BCUT2D eigenvalue weighted by Gasteiger charge is -2.04. The number of hydrogen-bond donors (Lipinski definition) is 0. The minimum Gasteiger partial charge on any atom is -0.211 e. The standard InChI is InChI=1S/C6H7F2NO/c7-6(8)2-1-5(3-6)9-4-10/h5H,1-3H2. The molecular weight excluding hydrogens is 140 g/mol. The van der Waals surface area contributed by atoms with Crippen LogP contribution in [0.15, 0.2) is 4.99 Å². The molecule has 10 heavy (non-hydrogen) atoms. The van der Waals surface area contributed by atoms with Crippen LogP contribution >= 0.6 is 0 Å². The fourth-order valence-electron chi connectivity index (χ4n) is 1.11. The highest BCUT2D eigenvalue weighted by molar-refractivity contribution is 5.33. The van der Waals surface area contributed by atoms with Crippen molar-refractivity contribution in [2.75, 3.05) is 0 Å². The number of isocyanates is 1. The van der Waals surface area contributed by atoms with Gasteiger partial charge < -0.3 is 0 Å². The predicted octanol–water partition coefficient (Wildman–Crippen LogP) is 1.51. The number of alkyl halides is 2. The van der Waals surface area contributed by atoms with Crippen LogP contribution in [0.3, 0.4) is 0 Å². The summed E-state index contributed by atoms with van der Waals surface area (Å²) in [5.74, 6) is -2.61. The number of rotatable bonds is 1. The Morgan fingerprint density at radius 1 is 1.60 bits per heavy atom. The van der Waals surface area contributed by atoms with E-state index in [2.05, 4.69) is 4.99 Å². The summed E-state index contributed by atoms with van der Waals surface area (Å²) in [4.78, 5) is 12.9. The summed E-state index contributed by atoms with van der Waals surface area (Å²) >= 11 is 0. The Labute approximate surface area is 56.9 Å². The first-order valence-corrected chi connectivity index (χ1v) is 3.09. The van der Waals surface area contributed by atoms with Gasteiger partial charge in [-0.2, -0.15) is 0 Å². The largest absolute Gasteiger partial charge is 0.250 e. The van der Waals surface area contributed by atoms with Crippen molar-refractivity contribution in [3.8, 4) is 0 Å². The van der Waals surface area contributed by atoms with Crippen molar-refractivity contribution in [1.82, 2.24) is 0 Å². The van der Waals surface area contributed by atoms with Gasteiger partial charge in [0, 0.05) is 12.8 Å². The molecule has 0 aromatic heterocycles. The van der Waals surface area contributed by atoms with E-state index in [4.69, 9.17) is 0 Å². The van der Waals surface area contributed by atoms with E-state index in [9.17, 15) is 13.6 Å². The molecule has 0 N–H and O–H groups in total. The molecule has 1 atom stereocenters. The van der Waals surface area contributed by atoms with E-state index in [-0.39, 0.29) is 12.8 Å². The minimum absolute atomic E-state index is 0.150. The summed E-state index contributed by atoms with van der Waals surface area (Å²) in [6.07, 6.45) is 1.16. The summed E-state index contributed by atoms with van der Waals surface area (Å²) in [7, 11) is 0. The van der Waals surface area contributed by atoms with Crippen LogP contribution in [0, 0.1) is 0 Å². The molecule has 1 saturated carbocycles. The van der Waals surface area contributed by atoms with E-state index in [1.165, 1.54) is 6.08 Å². The molecule has 1 rings (SSSR count). The van der Waals surface area contributed by atoms with Gasteiger partial charge in [-0.1, -0.05) is 0 Å².